The van der Waals surface area contributed by atoms with Crippen LogP contribution in [0.5, 0.6) is 0 Å². The van der Waals surface area contributed by atoms with Crippen molar-refractivity contribution in [2.45, 2.75) is 44.9 Å². The Morgan fingerprint density at radius 3 is 2.40 bits per heavy atom. The third-order valence-corrected chi connectivity index (χ3v) is 5.76. The van der Waals surface area contributed by atoms with E-state index in [1.54, 1.807) is 6.26 Å². The molecular formula is C17H23NO2. The molecule has 1 heterocycles. The summed E-state index contributed by atoms with van der Waals surface area (Å²) >= 11 is 0. The first-order valence-electron chi connectivity index (χ1n) is 8.04. The Kier molecular flexibility index (Phi) is 2.90. The maximum atomic E-state index is 12.7. The fourth-order valence-corrected chi connectivity index (χ4v) is 5.33. The van der Waals surface area contributed by atoms with Gasteiger partial charge in [0, 0.05) is 18.4 Å². The Bertz CT molecular complexity index is 456. The summed E-state index contributed by atoms with van der Waals surface area (Å²) in [6.07, 6.45) is 10.1. The Labute approximate surface area is 120 Å². The van der Waals surface area contributed by atoms with E-state index >= 15 is 0 Å². The van der Waals surface area contributed by atoms with E-state index in [1.807, 2.05) is 12.1 Å². The maximum Gasteiger partial charge on any atom is 0.226 e. The summed E-state index contributed by atoms with van der Waals surface area (Å²) in [5.74, 6) is 3.77. The summed E-state index contributed by atoms with van der Waals surface area (Å²) in [6.45, 7) is 0.702. The summed E-state index contributed by atoms with van der Waals surface area (Å²) in [4.78, 5) is 12.7. The second kappa shape index (κ2) is 4.64. The minimum absolute atomic E-state index is 0.0160. The van der Waals surface area contributed by atoms with Crippen LogP contribution in [0.25, 0.3) is 0 Å². The average molecular weight is 273 g/mol. The lowest BCUT2D eigenvalue weighted by atomic mass is 9.49. The number of amides is 1. The molecular weight excluding hydrogens is 250 g/mol. The molecule has 0 aromatic carbocycles. The van der Waals surface area contributed by atoms with E-state index in [2.05, 4.69) is 5.32 Å². The monoisotopic (exact) mass is 273 g/mol. The van der Waals surface area contributed by atoms with Crippen LogP contribution in [-0.2, 0) is 11.2 Å². The molecule has 0 radical (unpaired) electrons. The van der Waals surface area contributed by atoms with E-state index in [0.717, 1.165) is 49.2 Å². The van der Waals surface area contributed by atoms with Crippen LogP contribution in [0.1, 0.15) is 44.3 Å². The molecule has 3 nitrogen and oxygen atoms in total. The van der Waals surface area contributed by atoms with Gasteiger partial charge < -0.3 is 9.73 Å². The number of carbonyl (C=O) groups is 1. The van der Waals surface area contributed by atoms with Crippen LogP contribution in [0.4, 0.5) is 0 Å². The van der Waals surface area contributed by atoms with Crippen molar-refractivity contribution >= 4 is 5.91 Å². The SMILES string of the molecule is O=C(NCCc1ccco1)C12CC3CC(CC(C3)C1)C2. The quantitative estimate of drug-likeness (QED) is 0.915. The molecule has 5 rings (SSSR count). The van der Waals surface area contributed by atoms with Gasteiger partial charge >= 0.3 is 0 Å². The van der Waals surface area contributed by atoms with Gasteiger partial charge in [0.15, 0.2) is 0 Å². The molecule has 3 heteroatoms. The first-order valence-corrected chi connectivity index (χ1v) is 8.04. The van der Waals surface area contributed by atoms with E-state index in [9.17, 15) is 4.79 Å². The molecule has 4 saturated carbocycles. The zero-order valence-corrected chi connectivity index (χ0v) is 11.9. The van der Waals surface area contributed by atoms with E-state index in [0.29, 0.717) is 12.5 Å². The second-order valence-corrected chi connectivity index (χ2v) is 7.28. The van der Waals surface area contributed by atoms with Crippen LogP contribution in [-0.4, -0.2) is 12.5 Å². The molecule has 108 valence electrons. The second-order valence-electron chi connectivity index (χ2n) is 7.28. The number of carbonyl (C=O) groups excluding carboxylic acids is 1. The van der Waals surface area contributed by atoms with Crippen molar-refractivity contribution in [3.05, 3.63) is 24.2 Å². The molecule has 0 atom stereocenters. The van der Waals surface area contributed by atoms with Gasteiger partial charge in [-0.25, -0.2) is 0 Å². The molecule has 4 fully saturated rings. The van der Waals surface area contributed by atoms with Crippen LogP contribution in [0.2, 0.25) is 0 Å². The van der Waals surface area contributed by atoms with Gasteiger partial charge in [-0.3, -0.25) is 4.79 Å². The van der Waals surface area contributed by atoms with Crippen molar-refractivity contribution in [1.29, 1.82) is 0 Å². The minimum Gasteiger partial charge on any atom is -0.469 e. The van der Waals surface area contributed by atoms with E-state index in [1.165, 1.54) is 19.3 Å². The van der Waals surface area contributed by atoms with Gasteiger partial charge in [-0.1, -0.05) is 0 Å². The van der Waals surface area contributed by atoms with Gasteiger partial charge in [0.1, 0.15) is 5.76 Å². The average Bonchev–Trinajstić information content (AvgIpc) is 2.90. The molecule has 0 saturated heterocycles. The molecule has 1 aromatic rings. The molecule has 4 aliphatic rings. The highest BCUT2D eigenvalue weighted by molar-refractivity contribution is 5.83. The predicted octanol–water partition coefficient (Wildman–Crippen LogP) is 3.15. The Balaban J connectivity index is 1.38. The van der Waals surface area contributed by atoms with Gasteiger partial charge in [-0.05, 0) is 68.4 Å². The minimum atomic E-state index is -0.0160. The van der Waals surface area contributed by atoms with E-state index in [4.69, 9.17) is 4.42 Å². The summed E-state index contributed by atoms with van der Waals surface area (Å²) in [5.41, 5.74) is -0.0160. The maximum absolute atomic E-state index is 12.7. The number of nitrogens with one attached hydrogen (secondary N) is 1. The lowest BCUT2D eigenvalue weighted by molar-refractivity contribution is -0.146. The summed E-state index contributed by atoms with van der Waals surface area (Å²) in [5, 5.41) is 3.18. The van der Waals surface area contributed by atoms with Gasteiger partial charge in [0.2, 0.25) is 5.91 Å². The molecule has 20 heavy (non-hydrogen) atoms. The highest BCUT2D eigenvalue weighted by Gasteiger charge is 2.54. The van der Waals surface area contributed by atoms with Crippen LogP contribution in [0, 0.1) is 23.2 Å². The molecule has 1 amide bonds. The third-order valence-electron chi connectivity index (χ3n) is 5.76. The Morgan fingerprint density at radius 1 is 1.20 bits per heavy atom. The van der Waals surface area contributed by atoms with Crippen LogP contribution in [0.15, 0.2) is 22.8 Å². The Hall–Kier alpha value is -1.25. The number of rotatable bonds is 4. The molecule has 1 aromatic heterocycles. The number of hydrogen-bond donors (Lipinski definition) is 1. The van der Waals surface area contributed by atoms with Crippen molar-refractivity contribution in [3.63, 3.8) is 0 Å². The van der Waals surface area contributed by atoms with E-state index < -0.39 is 0 Å². The molecule has 4 bridgehead atoms. The highest BCUT2D eigenvalue weighted by Crippen LogP contribution is 2.60. The zero-order valence-electron chi connectivity index (χ0n) is 11.9. The molecule has 1 N–H and O–H groups in total. The van der Waals surface area contributed by atoms with Crippen molar-refractivity contribution in [2.75, 3.05) is 6.54 Å². The fraction of sp³-hybridized carbons (Fsp3) is 0.706. The number of hydrogen-bond acceptors (Lipinski definition) is 2. The van der Waals surface area contributed by atoms with Gasteiger partial charge in [-0.2, -0.15) is 0 Å². The summed E-state index contributed by atoms with van der Waals surface area (Å²) in [6, 6.07) is 3.87. The lowest BCUT2D eigenvalue weighted by Gasteiger charge is -2.55. The largest absolute Gasteiger partial charge is 0.469 e. The highest BCUT2D eigenvalue weighted by atomic mass is 16.3. The predicted molar refractivity (Wildman–Crippen MR) is 76.0 cm³/mol. The van der Waals surface area contributed by atoms with Gasteiger partial charge in [-0.15, -0.1) is 0 Å². The Morgan fingerprint density at radius 2 is 1.85 bits per heavy atom. The fourth-order valence-electron chi connectivity index (χ4n) is 5.33. The molecule has 0 aliphatic heterocycles. The zero-order chi connectivity index (χ0) is 13.6. The van der Waals surface area contributed by atoms with Gasteiger partial charge in [0.25, 0.3) is 0 Å². The molecule has 0 spiro atoms. The molecule has 0 unspecified atom stereocenters. The first-order chi connectivity index (χ1) is 9.73. The van der Waals surface area contributed by atoms with Crippen LogP contribution in [0.3, 0.4) is 0 Å². The normalized spacial score (nSPS) is 38.1. The molecule has 4 aliphatic carbocycles. The lowest BCUT2D eigenvalue weighted by Crippen LogP contribution is -2.53. The van der Waals surface area contributed by atoms with Crippen molar-refractivity contribution in [1.82, 2.24) is 5.32 Å². The van der Waals surface area contributed by atoms with Crippen molar-refractivity contribution < 1.29 is 9.21 Å². The smallest absolute Gasteiger partial charge is 0.226 e. The topological polar surface area (TPSA) is 42.2 Å². The van der Waals surface area contributed by atoms with Crippen molar-refractivity contribution in [3.8, 4) is 0 Å². The van der Waals surface area contributed by atoms with Crippen LogP contribution < -0.4 is 5.32 Å². The summed E-state index contributed by atoms with van der Waals surface area (Å²) < 4.78 is 5.31. The summed E-state index contributed by atoms with van der Waals surface area (Å²) in [7, 11) is 0. The third kappa shape index (κ3) is 2.07. The first kappa shape index (κ1) is 12.5. The van der Waals surface area contributed by atoms with E-state index in [-0.39, 0.29) is 5.41 Å². The number of furan rings is 1. The van der Waals surface area contributed by atoms with Gasteiger partial charge in [0.05, 0.1) is 6.26 Å². The standard InChI is InChI=1S/C17H23NO2/c19-16(18-4-3-15-2-1-5-20-15)17-9-12-6-13(10-17)8-14(7-12)11-17/h1-2,5,12-14H,3-4,6-11H2,(H,18,19). The van der Waals surface area contributed by atoms with Crippen LogP contribution >= 0.6 is 0 Å². The van der Waals surface area contributed by atoms with Crippen molar-refractivity contribution in [2.24, 2.45) is 23.2 Å².